The molecule has 4 rings (SSSR count). The van der Waals surface area contributed by atoms with E-state index in [9.17, 15) is 0 Å². The molecule has 0 unspecified atom stereocenters. The van der Waals surface area contributed by atoms with Crippen LogP contribution in [0.5, 0.6) is 5.75 Å². The van der Waals surface area contributed by atoms with Gasteiger partial charge >= 0.3 is 0 Å². The van der Waals surface area contributed by atoms with Gasteiger partial charge in [0, 0.05) is 17.7 Å². The Bertz CT molecular complexity index is 834. The third-order valence-corrected chi connectivity index (χ3v) is 4.83. The molecule has 0 bridgehead atoms. The Kier molecular flexibility index (Phi) is 4.97. The second-order valence-corrected chi connectivity index (χ2v) is 6.73. The Morgan fingerprint density at radius 3 is 2.31 bits per heavy atom. The SMILES string of the molecule is NCc1ccc(-c2nc(-c3ccc(OC4CCCCC4)cc3)no2)cc1. The number of hydrogen-bond donors (Lipinski definition) is 1. The molecule has 3 aromatic rings. The first-order chi connectivity index (χ1) is 12.8. The summed E-state index contributed by atoms with van der Waals surface area (Å²) in [6, 6.07) is 15.7. The zero-order chi connectivity index (χ0) is 17.8. The monoisotopic (exact) mass is 349 g/mol. The van der Waals surface area contributed by atoms with Gasteiger partial charge in [0.05, 0.1) is 6.10 Å². The molecule has 0 spiro atoms. The number of rotatable bonds is 5. The molecule has 5 nitrogen and oxygen atoms in total. The predicted octanol–water partition coefficient (Wildman–Crippen LogP) is 4.57. The highest BCUT2D eigenvalue weighted by Gasteiger charge is 2.15. The van der Waals surface area contributed by atoms with Crippen LogP contribution in [-0.4, -0.2) is 16.2 Å². The number of ether oxygens (including phenoxy) is 1. The Balaban J connectivity index is 1.46. The highest BCUT2D eigenvalue weighted by molar-refractivity contribution is 5.60. The van der Waals surface area contributed by atoms with Crippen molar-refractivity contribution in [2.45, 2.75) is 44.8 Å². The fraction of sp³-hybridized carbons (Fsp3) is 0.333. The minimum absolute atomic E-state index is 0.350. The molecule has 1 aliphatic rings. The highest BCUT2D eigenvalue weighted by atomic mass is 16.5. The van der Waals surface area contributed by atoms with E-state index in [1.165, 1.54) is 19.3 Å². The fourth-order valence-corrected chi connectivity index (χ4v) is 3.30. The normalized spacial score (nSPS) is 15.1. The van der Waals surface area contributed by atoms with Crippen molar-refractivity contribution < 1.29 is 9.26 Å². The van der Waals surface area contributed by atoms with Crippen molar-refractivity contribution in [3.8, 4) is 28.6 Å². The van der Waals surface area contributed by atoms with Crippen molar-refractivity contribution in [3.05, 3.63) is 54.1 Å². The van der Waals surface area contributed by atoms with Crippen molar-refractivity contribution in [1.82, 2.24) is 10.1 Å². The summed E-state index contributed by atoms with van der Waals surface area (Å²) in [6.07, 6.45) is 6.51. The van der Waals surface area contributed by atoms with E-state index in [0.29, 0.717) is 24.4 Å². The molecule has 2 aromatic carbocycles. The smallest absolute Gasteiger partial charge is 0.258 e. The number of hydrogen-bond acceptors (Lipinski definition) is 5. The van der Waals surface area contributed by atoms with Crippen LogP contribution in [0.15, 0.2) is 53.1 Å². The van der Waals surface area contributed by atoms with E-state index in [0.717, 1.165) is 35.3 Å². The quantitative estimate of drug-likeness (QED) is 0.730. The van der Waals surface area contributed by atoms with E-state index < -0.39 is 0 Å². The average molecular weight is 349 g/mol. The van der Waals surface area contributed by atoms with Gasteiger partial charge < -0.3 is 15.0 Å². The predicted molar refractivity (Wildman–Crippen MR) is 101 cm³/mol. The summed E-state index contributed by atoms with van der Waals surface area (Å²) in [5.41, 5.74) is 8.50. The molecule has 0 saturated heterocycles. The number of nitrogens with zero attached hydrogens (tertiary/aromatic N) is 2. The van der Waals surface area contributed by atoms with Gasteiger partial charge in [0.1, 0.15) is 5.75 Å². The first kappa shape index (κ1) is 16.8. The van der Waals surface area contributed by atoms with E-state index in [1.807, 2.05) is 48.5 Å². The van der Waals surface area contributed by atoms with Crippen LogP contribution in [0.4, 0.5) is 0 Å². The van der Waals surface area contributed by atoms with E-state index in [-0.39, 0.29) is 0 Å². The van der Waals surface area contributed by atoms with Gasteiger partial charge in [-0.3, -0.25) is 0 Å². The summed E-state index contributed by atoms with van der Waals surface area (Å²) in [5.74, 6) is 1.99. The molecule has 0 amide bonds. The van der Waals surface area contributed by atoms with E-state index >= 15 is 0 Å². The third-order valence-electron chi connectivity index (χ3n) is 4.83. The summed E-state index contributed by atoms with van der Waals surface area (Å²) in [7, 11) is 0. The minimum Gasteiger partial charge on any atom is -0.490 e. The first-order valence-corrected chi connectivity index (χ1v) is 9.22. The standard InChI is InChI=1S/C21H23N3O2/c22-14-15-6-8-17(9-7-15)21-23-20(24-26-21)16-10-12-19(13-11-16)25-18-4-2-1-3-5-18/h6-13,18H,1-5,14,22H2. The fourth-order valence-electron chi connectivity index (χ4n) is 3.30. The number of nitrogens with two attached hydrogens (primary N) is 1. The summed E-state index contributed by atoms with van der Waals surface area (Å²) < 4.78 is 11.5. The minimum atomic E-state index is 0.350. The van der Waals surface area contributed by atoms with Crippen LogP contribution in [0, 0.1) is 0 Å². The molecule has 0 atom stereocenters. The molecule has 134 valence electrons. The van der Waals surface area contributed by atoms with Gasteiger partial charge in [-0.1, -0.05) is 23.7 Å². The molecular formula is C21H23N3O2. The first-order valence-electron chi connectivity index (χ1n) is 9.22. The van der Waals surface area contributed by atoms with E-state index in [2.05, 4.69) is 10.1 Å². The molecule has 1 aromatic heterocycles. The second-order valence-electron chi connectivity index (χ2n) is 6.73. The lowest BCUT2D eigenvalue weighted by Gasteiger charge is -2.22. The highest BCUT2D eigenvalue weighted by Crippen LogP contribution is 2.27. The van der Waals surface area contributed by atoms with Gasteiger partial charge in [-0.15, -0.1) is 0 Å². The lowest BCUT2D eigenvalue weighted by atomic mass is 9.98. The van der Waals surface area contributed by atoms with Crippen LogP contribution < -0.4 is 10.5 Å². The topological polar surface area (TPSA) is 74.2 Å². The average Bonchev–Trinajstić information content (AvgIpc) is 3.20. The maximum absolute atomic E-state index is 6.07. The van der Waals surface area contributed by atoms with Crippen molar-refractivity contribution in [2.24, 2.45) is 5.73 Å². The van der Waals surface area contributed by atoms with Gasteiger partial charge in [0.25, 0.3) is 5.89 Å². The molecular weight excluding hydrogens is 326 g/mol. The molecule has 1 fully saturated rings. The summed E-state index contributed by atoms with van der Waals surface area (Å²) in [5, 5.41) is 4.10. The van der Waals surface area contributed by atoms with Gasteiger partial charge in [-0.2, -0.15) is 4.98 Å². The molecule has 1 saturated carbocycles. The molecule has 0 aliphatic heterocycles. The maximum atomic E-state index is 6.07. The van der Waals surface area contributed by atoms with Gasteiger partial charge in [0.15, 0.2) is 0 Å². The Morgan fingerprint density at radius 1 is 0.923 bits per heavy atom. The molecule has 1 aliphatic carbocycles. The summed E-state index contributed by atoms with van der Waals surface area (Å²) in [6.45, 7) is 0.518. The lowest BCUT2D eigenvalue weighted by Crippen LogP contribution is -2.19. The van der Waals surface area contributed by atoms with Crippen molar-refractivity contribution in [3.63, 3.8) is 0 Å². The molecule has 5 heteroatoms. The van der Waals surface area contributed by atoms with Crippen LogP contribution >= 0.6 is 0 Å². The van der Waals surface area contributed by atoms with Crippen LogP contribution in [-0.2, 0) is 6.54 Å². The zero-order valence-corrected chi connectivity index (χ0v) is 14.7. The van der Waals surface area contributed by atoms with E-state index in [1.54, 1.807) is 0 Å². The van der Waals surface area contributed by atoms with Crippen molar-refractivity contribution in [1.29, 1.82) is 0 Å². The van der Waals surface area contributed by atoms with Crippen LogP contribution in [0.1, 0.15) is 37.7 Å². The molecule has 26 heavy (non-hydrogen) atoms. The second kappa shape index (κ2) is 7.70. The molecule has 1 heterocycles. The number of benzene rings is 2. The Hall–Kier alpha value is -2.66. The Morgan fingerprint density at radius 2 is 1.62 bits per heavy atom. The zero-order valence-electron chi connectivity index (χ0n) is 14.7. The van der Waals surface area contributed by atoms with Crippen molar-refractivity contribution >= 4 is 0 Å². The molecule has 0 radical (unpaired) electrons. The van der Waals surface area contributed by atoms with Crippen molar-refractivity contribution in [2.75, 3.05) is 0 Å². The van der Waals surface area contributed by atoms with Crippen LogP contribution in [0.25, 0.3) is 22.8 Å². The van der Waals surface area contributed by atoms with Gasteiger partial charge in [-0.25, -0.2) is 0 Å². The maximum Gasteiger partial charge on any atom is 0.258 e. The largest absolute Gasteiger partial charge is 0.490 e. The van der Waals surface area contributed by atoms with Crippen LogP contribution in [0.3, 0.4) is 0 Å². The van der Waals surface area contributed by atoms with Crippen LogP contribution in [0.2, 0.25) is 0 Å². The summed E-state index contributed by atoms with van der Waals surface area (Å²) >= 11 is 0. The van der Waals surface area contributed by atoms with Gasteiger partial charge in [0.2, 0.25) is 5.82 Å². The lowest BCUT2D eigenvalue weighted by molar-refractivity contribution is 0.155. The molecule has 2 N–H and O–H groups in total. The number of aromatic nitrogens is 2. The Labute approximate surface area is 153 Å². The van der Waals surface area contributed by atoms with E-state index in [4.69, 9.17) is 15.0 Å². The summed E-state index contributed by atoms with van der Waals surface area (Å²) in [4.78, 5) is 4.50. The third kappa shape index (κ3) is 3.78. The van der Waals surface area contributed by atoms with Gasteiger partial charge in [-0.05, 0) is 67.6 Å².